The summed E-state index contributed by atoms with van der Waals surface area (Å²) < 4.78 is 4.98. The maximum atomic E-state index is 11.5. The molecule has 0 fully saturated rings. The van der Waals surface area contributed by atoms with Crippen LogP contribution in [0.15, 0.2) is 0 Å². The van der Waals surface area contributed by atoms with Crippen LogP contribution >= 0.6 is 0 Å². The van der Waals surface area contributed by atoms with Crippen LogP contribution in [0.2, 0.25) is 0 Å². The molecule has 0 saturated carbocycles. The normalized spacial score (nSPS) is 10.3. The quantitative estimate of drug-likeness (QED) is 0.369. The van der Waals surface area contributed by atoms with E-state index in [9.17, 15) is 14.4 Å². The summed E-state index contributed by atoms with van der Waals surface area (Å²) in [6.45, 7) is 5.10. The summed E-state index contributed by atoms with van der Waals surface area (Å²) in [5, 5.41) is 20.5. The minimum atomic E-state index is -1.29. The molecule has 130 valence electrons. The monoisotopic (exact) mass is 328 g/mol. The Balaban J connectivity index is 4.03. The first-order valence-electron chi connectivity index (χ1n) is 7.29. The van der Waals surface area contributed by atoms with Crippen LogP contribution in [0.5, 0.6) is 0 Å². The van der Waals surface area contributed by atoms with Gasteiger partial charge in [-0.2, -0.15) is 5.26 Å². The van der Waals surface area contributed by atoms with Gasteiger partial charge in [0.25, 0.3) is 0 Å². The van der Waals surface area contributed by atoms with Crippen LogP contribution in [0.4, 0.5) is 9.59 Å². The third-order valence-corrected chi connectivity index (χ3v) is 2.51. The maximum absolute atomic E-state index is 11.5. The molecule has 0 heterocycles. The standard InChI is InChI=1S/C14H24N4O5/c1-14(2,3)23-12(20)17-18(13(21)22)10-6-4-5-7-11(19)16-9-8-15/h4-7,9-10H2,1-3H3,(H,16,19)(H,17,20)(H,21,22). The molecule has 9 heteroatoms. The average molecular weight is 328 g/mol. The summed E-state index contributed by atoms with van der Waals surface area (Å²) >= 11 is 0. The Morgan fingerprint density at radius 2 is 1.87 bits per heavy atom. The summed E-state index contributed by atoms with van der Waals surface area (Å²) in [7, 11) is 0. The second kappa shape index (κ2) is 10.3. The highest BCUT2D eigenvalue weighted by molar-refractivity contribution is 5.76. The molecular weight excluding hydrogens is 304 g/mol. The van der Waals surface area contributed by atoms with Crippen molar-refractivity contribution in [3.05, 3.63) is 0 Å². The molecule has 0 bridgehead atoms. The van der Waals surface area contributed by atoms with Gasteiger partial charge in [0.15, 0.2) is 0 Å². The topological polar surface area (TPSA) is 132 Å². The molecule has 0 aliphatic heterocycles. The molecule has 9 nitrogen and oxygen atoms in total. The Labute approximate surface area is 135 Å². The van der Waals surface area contributed by atoms with E-state index in [1.54, 1.807) is 26.8 Å². The Morgan fingerprint density at radius 1 is 1.22 bits per heavy atom. The van der Waals surface area contributed by atoms with Crippen molar-refractivity contribution in [2.45, 2.75) is 52.1 Å². The Morgan fingerprint density at radius 3 is 2.39 bits per heavy atom. The third-order valence-electron chi connectivity index (χ3n) is 2.51. The van der Waals surface area contributed by atoms with Crippen molar-refractivity contribution >= 4 is 18.1 Å². The van der Waals surface area contributed by atoms with Gasteiger partial charge in [-0.15, -0.1) is 0 Å². The number of rotatable bonds is 7. The highest BCUT2D eigenvalue weighted by Crippen LogP contribution is 2.07. The summed E-state index contributed by atoms with van der Waals surface area (Å²) in [5.74, 6) is -0.214. The minimum absolute atomic E-state index is 0.0224. The number of amides is 3. The molecule has 0 rings (SSSR count). The van der Waals surface area contributed by atoms with E-state index in [-0.39, 0.29) is 25.4 Å². The number of ether oxygens (including phenoxy) is 1. The molecular formula is C14H24N4O5. The third kappa shape index (κ3) is 11.8. The SMILES string of the molecule is CC(C)(C)OC(=O)NN(CCCCCC(=O)NCC#N)C(=O)O. The molecule has 0 radical (unpaired) electrons. The Kier molecular flexibility index (Phi) is 9.15. The average Bonchev–Trinajstić information content (AvgIpc) is 2.41. The van der Waals surface area contributed by atoms with Crippen molar-refractivity contribution < 1.29 is 24.2 Å². The summed E-state index contributed by atoms with van der Waals surface area (Å²) in [6.07, 6.45) is -0.197. The lowest BCUT2D eigenvalue weighted by Gasteiger charge is -2.24. The first-order chi connectivity index (χ1) is 10.7. The van der Waals surface area contributed by atoms with Gasteiger partial charge in [-0.3, -0.25) is 4.79 Å². The smallest absolute Gasteiger partial charge is 0.426 e. The van der Waals surface area contributed by atoms with E-state index in [0.29, 0.717) is 19.3 Å². The number of nitriles is 1. The molecule has 0 aliphatic carbocycles. The van der Waals surface area contributed by atoms with Crippen LogP contribution in [0.1, 0.15) is 46.5 Å². The second-order valence-corrected chi connectivity index (χ2v) is 5.79. The zero-order chi connectivity index (χ0) is 17.9. The second-order valence-electron chi connectivity index (χ2n) is 5.79. The van der Waals surface area contributed by atoms with Gasteiger partial charge in [-0.25, -0.2) is 20.0 Å². The number of carbonyl (C=O) groups excluding carboxylic acids is 2. The van der Waals surface area contributed by atoms with E-state index >= 15 is 0 Å². The van der Waals surface area contributed by atoms with Gasteiger partial charge >= 0.3 is 12.2 Å². The van der Waals surface area contributed by atoms with E-state index < -0.39 is 17.8 Å². The Hall–Kier alpha value is -2.50. The highest BCUT2D eigenvalue weighted by atomic mass is 16.6. The Bertz CT molecular complexity index is 453. The van der Waals surface area contributed by atoms with Crippen LogP contribution in [0.25, 0.3) is 0 Å². The van der Waals surface area contributed by atoms with Gasteiger partial charge < -0.3 is 15.2 Å². The number of nitrogens with one attached hydrogen (secondary N) is 2. The molecule has 0 aromatic carbocycles. The largest absolute Gasteiger partial charge is 0.464 e. The van der Waals surface area contributed by atoms with Gasteiger partial charge in [0.2, 0.25) is 5.91 Å². The summed E-state index contributed by atoms with van der Waals surface area (Å²) in [6, 6.07) is 1.81. The van der Waals surface area contributed by atoms with Gasteiger partial charge in [0, 0.05) is 13.0 Å². The molecule has 3 amide bonds. The number of hydrogen-bond acceptors (Lipinski definition) is 5. The number of unbranched alkanes of at least 4 members (excludes halogenated alkanes) is 2. The van der Waals surface area contributed by atoms with Crippen molar-refractivity contribution in [1.82, 2.24) is 15.8 Å². The molecule has 0 atom stereocenters. The molecule has 0 aliphatic rings. The van der Waals surface area contributed by atoms with E-state index in [4.69, 9.17) is 15.1 Å². The van der Waals surface area contributed by atoms with Crippen molar-refractivity contribution in [3.8, 4) is 6.07 Å². The predicted octanol–water partition coefficient (Wildman–Crippen LogP) is 1.61. The lowest BCUT2D eigenvalue weighted by molar-refractivity contribution is -0.120. The van der Waals surface area contributed by atoms with Crippen LogP contribution in [0.3, 0.4) is 0 Å². The van der Waals surface area contributed by atoms with E-state index in [2.05, 4.69) is 10.7 Å². The first-order valence-corrected chi connectivity index (χ1v) is 7.29. The maximum Gasteiger partial charge on any atom is 0.426 e. The highest BCUT2D eigenvalue weighted by Gasteiger charge is 2.20. The number of nitrogens with zero attached hydrogens (tertiary/aromatic N) is 2. The predicted molar refractivity (Wildman–Crippen MR) is 81.2 cm³/mol. The number of hydrazine groups is 1. The van der Waals surface area contributed by atoms with Crippen LogP contribution in [-0.4, -0.2) is 46.9 Å². The molecule has 3 N–H and O–H groups in total. The van der Waals surface area contributed by atoms with Gasteiger partial charge in [0.05, 0.1) is 6.07 Å². The molecule has 0 aromatic heterocycles. The molecule has 0 unspecified atom stereocenters. The number of hydrogen-bond donors (Lipinski definition) is 3. The van der Waals surface area contributed by atoms with Crippen LogP contribution in [-0.2, 0) is 9.53 Å². The van der Waals surface area contributed by atoms with Gasteiger partial charge in [-0.1, -0.05) is 6.42 Å². The zero-order valence-electron chi connectivity index (χ0n) is 13.7. The van der Waals surface area contributed by atoms with Crippen LogP contribution in [0, 0.1) is 11.3 Å². The molecule has 0 aromatic rings. The van der Waals surface area contributed by atoms with Crippen molar-refractivity contribution in [3.63, 3.8) is 0 Å². The fourth-order valence-electron chi connectivity index (χ4n) is 1.57. The molecule has 0 spiro atoms. The molecule has 23 heavy (non-hydrogen) atoms. The fraction of sp³-hybridized carbons (Fsp3) is 0.714. The number of carbonyl (C=O) groups is 3. The van der Waals surface area contributed by atoms with Gasteiger partial charge in [0.1, 0.15) is 12.1 Å². The summed E-state index contributed by atoms with van der Waals surface area (Å²) in [4.78, 5) is 33.8. The van der Waals surface area contributed by atoms with E-state index in [1.165, 1.54) is 0 Å². The van der Waals surface area contributed by atoms with E-state index in [1.807, 2.05) is 0 Å². The lowest BCUT2D eigenvalue weighted by Crippen LogP contribution is -2.47. The summed E-state index contributed by atoms with van der Waals surface area (Å²) in [5.41, 5.74) is 1.44. The number of carboxylic acid groups (broad SMARTS) is 1. The van der Waals surface area contributed by atoms with E-state index in [0.717, 1.165) is 5.01 Å². The van der Waals surface area contributed by atoms with Crippen LogP contribution < -0.4 is 10.7 Å². The van der Waals surface area contributed by atoms with Crippen molar-refractivity contribution in [1.29, 1.82) is 5.26 Å². The lowest BCUT2D eigenvalue weighted by atomic mass is 10.2. The van der Waals surface area contributed by atoms with Crippen molar-refractivity contribution in [2.75, 3.05) is 13.1 Å². The van der Waals surface area contributed by atoms with Crippen molar-refractivity contribution in [2.24, 2.45) is 0 Å². The fourth-order valence-corrected chi connectivity index (χ4v) is 1.57. The van der Waals surface area contributed by atoms with Gasteiger partial charge in [-0.05, 0) is 33.6 Å². The zero-order valence-corrected chi connectivity index (χ0v) is 13.7. The first kappa shape index (κ1) is 20.5. The molecule has 0 saturated heterocycles. The minimum Gasteiger partial charge on any atom is -0.464 e.